The van der Waals surface area contributed by atoms with Gasteiger partial charge in [0, 0.05) is 25.6 Å². The second kappa shape index (κ2) is 4.97. The second-order valence-electron chi connectivity index (χ2n) is 7.38. The first-order valence-corrected chi connectivity index (χ1v) is 8.50. The lowest BCUT2D eigenvalue weighted by Gasteiger charge is -2.37. The Morgan fingerprint density at radius 3 is 2.95 bits per heavy atom. The maximum atomic E-state index is 12.9. The summed E-state index contributed by atoms with van der Waals surface area (Å²) in [5.74, 6) is 0.917. The Morgan fingerprint density at radius 2 is 2.14 bits per heavy atom. The fourth-order valence-corrected chi connectivity index (χ4v) is 4.59. The first kappa shape index (κ1) is 13.6. The van der Waals surface area contributed by atoms with E-state index in [-0.39, 0.29) is 23.3 Å². The molecule has 4 aliphatic rings. The summed E-state index contributed by atoms with van der Waals surface area (Å²) in [5, 5.41) is 6.63. The third-order valence-electron chi connectivity index (χ3n) is 5.97. The number of carbonyl (C=O) groups excluding carboxylic acids is 2. The average Bonchev–Trinajstić information content (AvgIpc) is 3.11. The van der Waals surface area contributed by atoms with Crippen LogP contribution in [0, 0.1) is 11.3 Å². The molecule has 116 valence electrons. The Kier molecular flexibility index (Phi) is 3.21. The van der Waals surface area contributed by atoms with E-state index < -0.39 is 0 Å². The Balaban J connectivity index is 1.42. The van der Waals surface area contributed by atoms with Crippen LogP contribution in [0.25, 0.3) is 0 Å². The highest BCUT2D eigenvalue weighted by atomic mass is 16.2. The van der Waals surface area contributed by atoms with Crippen LogP contribution in [-0.2, 0) is 9.59 Å². The van der Waals surface area contributed by atoms with Crippen molar-refractivity contribution in [2.75, 3.05) is 19.6 Å². The van der Waals surface area contributed by atoms with Gasteiger partial charge in [-0.05, 0) is 38.1 Å². The van der Waals surface area contributed by atoms with E-state index in [0.29, 0.717) is 18.4 Å². The summed E-state index contributed by atoms with van der Waals surface area (Å²) < 4.78 is 0. The van der Waals surface area contributed by atoms with E-state index in [4.69, 9.17) is 0 Å². The van der Waals surface area contributed by atoms with Gasteiger partial charge in [0.25, 0.3) is 0 Å². The van der Waals surface area contributed by atoms with Gasteiger partial charge >= 0.3 is 0 Å². The highest BCUT2D eigenvalue weighted by molar-refractivity contribution is 5.86. The van der Waals surface area contributed by atoms with Crippen molar-refractivity contribution in [2.45, 2.75) is 57.0 Å². The Labute approximate surface area is 125 Å². The zero-order valence-corrected chi connectivity index (χ0v) is 12.6. The molecule has 21 heavy (non-hydrogen) atoms. The van der Waals surface area contributed by atoms with E-state index in [2.05, 4.69) is 10.6 Å². The highest BCUT2D eigenvalue weighted by Gasteiger charge is 2.51. The number of hydrogen-bond donors (Lipinski definition) is 2. The highest BCUT2D eigenvalue weighted by Crippen LogP contribution is 2.44. The molecule has 2 heterocycles. The molecular formula is C16H25N3O2. The van der Waals surface area contributed by atoms with Crippen molar-refractivity contribution in [2.24, 2.45) is 11.3 Å². The zero-order valence-electron chi connectivity index (χ0n) is 12.6. The van der Waals surface area contributed by atoms with Crippen molar-refractivity contribution >= 4 is 11.8 Å². The minimum absolute atomic E-state index is 0.0307. The van der Waals surface area contributed by atoms with Gasteiger partial charge in [0.05, 0.1) is 11.5 Å². The van der Waals surface area contributed by atoms with Gasteiger partial charge in [0.15, 0.2) is 0 Å². The molecule has 1 unspecified atom stereocenters. The Morgan fingerprint density at radius 1 is 1.29 bits per heavy atom. The normalized spacial score (nSPS) is 39.4. The molecule has 3 atom stereocenters. The van der Waals surface area contributed by atoms with Gasteiger partial charge in [-0.1, -0.05) is 12.8 Å². The first-order chi connectivity index (χ1) is 10.2. The molecule has 0 aromatic rings. The van der Waals surface area contributed by atoms with Crippen LogP contribution >= 0.6 is 0 Å². The topological polar surface area (TPSA) is 61.4 Å². The van der Waals surface area contributed by atoms with Gasteiger partial charge in [-0.25, -0.2) is 0 Å². The summed E-state index contributed by atoms with van der Waals surface area (Å²) >= 11 is 0. The van der Waals surface area contributed by atoms with Crippen LogP contribution in [0.2, 0.25) is 0 Å². The van der Waals surface area contributed by atoms with Gasteiger partial charge in [-0.2, -0.15) is 0 Å². The Bertz CT molecular complexity index is 462. The van der Waals surface area contributed by atoms with E-state index in [1.165, 1.54) is 6.42 Å². The minimum Gasteiger partial charge on any atom is -0.351 e. The number of hydrogen-bond acceptors (Lipinski definition) is 3. The SMILES string of the molecule is O=C1CC(NC(=O)[C@@]23CCCC[C@H]2CNC3)CN1C1CC1. The van der Waals surface area contributed by atoms with E-state index >= 15 is 0 Å². The monoisotopic (exact) mass is 291 g/mol. The van der Waals surface area contributed by atoms with E-state index in [1.807, 2.05) is 4.90 Å². The average molecular weight is 291 g/mol. The lowest BCUT2D eigenvalue weighted by Crippen LogP contribution is -2.51. The number of carbonyl (C=O) groups is 2. The summed E-state index contributed by atoms with van der Waals surface area (Å²) in [6, 6.07) is 0.497. The van der Waals surface area contributed by atoms with Crippen LogP contribution in [0.4, 0.5) is 0 Å². The zero-order chi connectivity index (χ0) is 14.4. The van der Waals surface area contributed by atoms with Crippen LogP contribution in [0.5, 0.6) is 0 Å². The molecule has 2 N–H and O–H groups in total. The number of likely N-dealkylation sites (tertiary alicyclic amines) is 1. The minimum atomic E-state index is -0.200. The second-order valence-corrected chi connectivity index (χ2v) is 7.38. The smallest absolute Gasteiger partial charge is 0.228 e. The summed E-state index contributed by atoms with van der Waals surface area (Å²) in [4.78, 5) is 26.9. The van der Waals surface area contributed by atoms with Crippen molar-refractivity contribution in [1.29, 1.82) is 0 Å². The number of amides is 2. The van der Waals surface area contributed by atoms with Crippen molar-refractivity contribution in [3.63, 3.8) is 0 Å². The van der Waals surface area contributed by atoms with Gasteiger partial charge < -0.3 is 15.5 Å². The van der Waals surface area contributed by atoms with Crippen molar-refractivity contribution in [3.05, 3.63) is 0 Å². The first-order valence-electron chi connectivity index (χ1n) is 8.50. The largest absolute Gasteiger partial charge is 0.351 e. The molecule has 0 radical (unpaired) electrons. The van der Waals surface area contributed by atoms with Crippen molar-refractivity contribution in [1.82, 2.24) is 15.5 Å². The lowest BCUT2D eigenvalue weighted by atomic mass is 9.67. The summed E-state index contributed by atoms with van der Waals surface area (Å²) in [6.07, 6.45) is 7.35. The molecule has 2 aliphatic carbocycles. The molecule has 4 rings (SSSR count). The predicted molar refractivity (Wildman–Crippen MR) is 78.5 cm³/mol. The van der Waals surface area contributed by atoms with Crippen LogP contribution in [0.1, 0.15) is 44.9 Å². The molecule has 2 aliphatic heterocycles. The molecular weight excluding hydrogens is 266 g/mol. The fourth-order valence-electron chi connectivity index (χ4n) is 4.59. The van der Waals surface area contributed by atoms with Crippen LogP contribution in [0.15, 0.2) is 0 Å². The van der Waals surface area contributed by atoms with Gasteiger partial charge in [-0.3, -0.25) is 9.59 Å². The number of rotatable bonds is 3. The van der Waals surface area contributed by atoms with E-state index in [1.54, 1.807) is 0 Å². The van der Waals surface area contributed by atoms with Crippen molar-refractivity contribution < 1.29 is 9.59 Å². The predicted octanol–water partition coefficient (Wildman–Crippen LogP) is 0.646. The number of nitrogens with zero attached hydrogens (tertiary/aromatic N) is 1. The molecule has 0 bridgehead atoms. The fraction of sp³-hybridized carbons (Fsp3) is 0.875. The number of nitrogens with one attached hydrogen (secondary N) is 2. The number of fused-ring (bicyclic) bond motifs is 1. The molecule has 0 aromatic heterocycles. The van der Waals surface area contributed by atoms with Crippen LogP contribution in [0.3, 0.4) is 0 Å². The van der Waals surface area contributed by atoms with Crippen molar-refractivity contribution in [3.8, 4) is 0 Å². The maximum absolute atomic E-state index is 12.9. The van der Waals surface area contributed by atoms with E-state index in [0.717, 1.165) is 51.7 Å². The third kappa shape index (κ3) is 2.26. The quantitative estimate of drug-likeness (QED) is 0.802. The summed E-state index contributed by atoms with van der Waals surface area (Å²) in [6.45, 7) is 2.52. The summed E-state index contributed by atoms with van der Waals surface area (Å²) in [5.41, 5.74) is -0.200. The molecule has 5 heteroatoms. The molecule has 0 spiro atoms. The molecule has 2 saturated carbocycles. The van der Waals surface area contributed by atoms with Crippen LogP contribution < -0.4 is 10.6 Å². The maximum Gasteiger partial charge on any atom is 0.228 e. The molecule has 5 nitrogen and oxygen atoms in total. The lowest BCUT2D eigenvalue weighted by molar-refractivity contribution is -0.134. The third-order valence-corrected chi connectivity index (χ3v) is 5.97. The van der Waals surface area contributed by atoms with Gasteiger partial charge in [0.2, 0.25) is 11.8 Å². The van der Waals surface area contributed by atoms with E-state index in [9.17, 15) is 9.59 Å². The Hall–Kier alpha value is -1.10. The standard InChI is InChI=1S/C16H25N3O2/c20-14-7-12(9-19(14)13-4-5-13)18-15(21)16-6-2-1-3-11(16)8-17-10-16/h11-13,17H,1-10H2,(H,18,21)/t11-,12?,16+/m0/s1. The van der Waals surface area contributed by atoms with Crippen LogP contribution in [-0.4, -0.2) is 48.4 Å². The molecule has 0 aromatic carbocycles. The molecule has 2 saturated heterocycles. The van der Waals surface area contributed by atoms with Gasteiger partial charge in [-0.15, -0.1) is 0 Å². The molecule has 2 amide bonds. The molecule has 4 fully saturated rings. The van der Waals surface area contributed by atoms with Gasteiger partial charge in [0.1, 0.15) is 0 Å². The summed E-state index contributed by atoms with van der Waals surface area (Å²) in [7, 11) is 0.